The predicted octanol–water partition coefficient (Wildman–Crippen LogP) is 3.98. The molecule has 0 radical (unpaired) electrons. The number of piperidine rings is 1. The van der Waals surface area contributed by atoms with E-state index in [1.807, 2.05) is 36.1 Å². The summed E-state index contributed by atoms with van der Waals surface area (Å²) in [7, 11) is 0. The van der Waals surface area contributed by atoms with Gasteiger partial charge in [-0.2, -0.15) is 15.0 Å². The molecule has 30 heavy (non-hydrogen) atoms. The number of rotatable bonds is 5. The van der Waals surface area contributed by atoms with E-state index in [1.54, 1.807) is 24.7 Å². The number of aromatic nitrogens is 4. The molecule has 1 unspecified atom stereocenters. The van der Waals surface area contributed by atoms with Gasteiger partial charge in [-0.15, -0.1) is 0 Å². The second-order valence-corrected chi connectivity index (χ2v) is 8.20. The molecule has 4 rings (SSSR count). The lowest BCUT2D eigenvalue weighted by Gasteiger charge is -2.40. The number of hydrogen-bond acceptors (Lipinski definition) is 5. The molecule has 1 aliphatic heterocycles. The molecule has 1 N–H and O–H groups in total. The molecule has 1 fully saturated rings. The van der Waals surface area contributed by atoms with E-state index in [2.05, 4.69) is 27.4 Å². The average Bonchev–Trinajstić information content (AvgIpc) is 3.28. The van der Waals surface area contributed by atoms with Gasteiger partial charge in [-0.05, 0) is 55.5 Å². The highest BCUT2D eigenvalue weighted by atomic mass is 35.5. The number of carbonyl (C=O) groups excluding carboxylic acids is 1. The number of hydrogen-bond donors (Lipinski definition) is 1. The Bertz CT molecular complexity index is 1000. The van der Waals surface area contributed by atoms with Crippen molar-refractivity contribution in [3.8, 4) is 5.69 Å². The van der Waals surface area contributed by atoms with Gasteiger partial charge in [-0.1, -0.05) is 24.6 Å². The molecule has 7 nitrogen and oxygen atoms in total. The normalized spacial score (nSPS) is 19.0. The lowest BCUT2D eigenvalue weighted by molar-refractivity contribution is 0.0539. The number of pyridine rings is 1. The van der Waals surface area contributed by atoms with Crippen LogP contribution in [-0.2, 0) is 0 Å². The maximum atomic E-state index is 13.6. The van der Waals surface area contributed by atoms with E-state index in [9.17, 15) is 4.79 Å². The number of halogens is 1. The summed E-state index contributed by atoms with van der Waals surface area (Å²) in [6.45, 7) is 5.55. The van der Waals surface area contributed by atoms with E-state index in [0.29, 0.717) is 28.7 Å². The van der Waals surface area contributed by atoms with Crippen molar-refractivity contribution in [1.82, 2.24) is 24.9 Å². The van der Waals surface area contributed by atoms with Crippen LogP contribution in [0.4, 0.5) is 5.82 Å². The molecule has 156 valence electrons. The molecule has 1 aromatic carbocycles. The van der Waals surface area contributed by atoms with Crippen molar-refractivity contribution < 1.29 is 4.79 Å². The van der Waals surface area contributed by atoms with Gasteiger partial charge in [-0.3, -0.25) is 4.79 Å². The first-order valence-electron chi connectivity index (χ1n) is 10.2. The first-order chi connectivity index (χ1) is 14.5. The minimum atomic E-state index is 0.00437. The Hall–Kier alpha value is -2.93. The van der Waals surface area contributed by atoms with Crippen LogP contribution >= 0.6 is 11.6 Å². The van der Waals surface area contributed by atoms with Gasteiger partial charge in [0.25, 0.3) is 5.91 Å². The van der Waals surface area contributed by atoms with E-state index in [0.717, 1.165) is 30.8 Å². The Balaban J connectivity index is 1.59. The number of nitrogens with zero attached hydrogens (tertiary/aromatic N) is 5. The number of anilines is 1. The smallest absolute Gasteiger partial charge is 0.256 e. The molecule has 2 atom stereocenters. The largest absolute Gasteiger partial charge is 0.368 e. The van der Waals surface area contributed by atoms with Gasteiger partial charge in [0.05, 0.1) is 34.7 Å². The number of amides is 1. The molecule has 3 aromatic rings. The summed E-state index contributed by atoms with van der Waals surface area (Å²) < 4.78 is 0. The van der Waals surface area contributed by atoms with Gasteiger partial charge in [-0.25, -0.2) is 4.98 Å². The molecule has 0 saturated carbocycles. The van der Waals surface area contributed by atoms with E-state index in [1.165, 1.54) is 4.80 Å². The summed E-state index contributed by atoms with van der Waals surface area (Å²) in [5, 5.41) is 12.4. The molecule has 8 heteroatoms. The Morgan fingerprint density at radius 1 is 1.23 bits per heavy atom. The summed E-state index contributed by atoms with van der Waals surface area (Å²) in [6.07, 6.45) is 6.93. The molecule has 1 aliphatic rings. The zero-order chi connectivity index (χ0) is 21.1. The van der Waals surface area contributed by atoms with Crippen LogP contribution in [0.15, 0.2) is 48.9 Å². The summed E-state index contributed by atoms with van der Waals surface area (Å²) in [5.74, 6) is 1.13. The number of nitrogens with one attached hydrogen (secondary N) is 1. The van der Waals surface area contributed by atoms with Crippen molar-refractivity contribution in [3.05, 3.63) is 65.1 Å². The predicted molar refractivity (Wildman–Crippen MR) is 117 cm³/mol. The van der Waals surface area contributed by atoms with Crippen LogP contribution in [0, 0.1) is 12.8 Å². The molecule has 0 aliphatic carbocycles. The van der Waals surface area contributed by atoms with Crippen LogP contribution < -0.4 is 5.32 Å². The van der Waals surface area contributed by atoms with Crippen LogP contribution in [0.25, 0.3) is 5.69 Å². The van der Waals surface area contributed by atoms with Gasteiger partial charge >= 0.3 is 0 Å². The fraction of sp³-hybridized carbons (Fsp3) is 0.364. The van der Waals surface area contributed by atoms with Crippen molar-refractivity contribution in [3.63, 3.8) is 0 Å². The zero-order valence-corrected chi connectivity index (χ0v) is 17.9. The van der Waals surface area contributed by atoms with Crippen molar-refractivity contribution in [1.29, 1.82) is 0 Å². The zero-order valence-electron chi connectivity index (χ0n) is 17.1. The molecule has 0 spiro atoms. The van der Waals surface area contributed by atoms with Crippen LogP contribution in [0.5, 0.6) is 0 Å². The van der Waals surface area contributed by atoms with Crippen LogP contribution in [-0.4, -0.2) is 49.9 Å². The Kier molecular flexibility index (Phi) is 5.99. The topological polar surface area (TPSA) is 75.9 Å². The van der Waals surface area contributed by atoms with Crippen molar-refractivity contribution in [2.24, 2.45) is 5.92 Å². The maximum absolute atomic E-state index is 13.6. The minimum absolute atomic E-state index is 0.00437. The fourth-order valence-corrected chi connectivity index (χ4v) is 4.10. The van der Waals surface area contributed by atoms with Crippen molar-refractivity contribution in [2.75, 3.05) is 18.4 Å². The van der Waals surface area contributed by atoms with Gasteiger partial charge in [0, 0.05) is 19.3 Å². The van der Waals surface area contributed by atoms with Crippen LogP contribution in [0.2, 0.25) is 5.02 Å². The summed E-state index contributed by atoms with van der Waals surface area (Å²) in [6, 6.07) is 9.50. The van der Waals surface area contributed by atoms with Crippen LogP contribution in [0.1, 0.15) is 35.7 Å². The molecule has 2 aromatic heterocycles. The molecular weight excluding hydrogens is 400 g/mol. The van der Waals surface area contributed by atoms with E-state index in [-0.39, 0.29) is 11.9 Å². The molecular formula is C22H25ClN6O. The quantitative estimate of drug-likeness (QED) is 0.670. The second-order valence-electron chi connectivity index (χ2n) is 7.77. The summed E-state index contributed by atoms with van der Waals surface area (Å²) in [5.41, 5.74) is 2.37. The number of benzene rings is 1. The van der Waals surface area contributed by atoms with Gasteiger partial charge in [0.2, 0.25) is 0 Å². The number of carbonyl (C=O) groups is 1. The van der Waals surface area contributed by atoms with Crippen LogP contribution in [0.3, 0.4) is 0 Å². The second kappa shape index (κ2) is 8.83. The Labute approximate surface area is 181 Å². The van der Waals surface area contributed by atoms with E-state index in [4.69, 9.17) is 11.6 Å². The highest BCUT2D eigenvalue weighted by molar-refractivity contribution is 6.30. The highest BCUT2D eigenvalue weighted by Crippen LogP contribution is 2.27. The van der Waals surface area contributed by atoms with Gasteiger partial charge in [0.15, 0.2) is 0 Å². The van der Waals surface area contributed by atoms with Crippen molar-refractivity contribution in [2.45, 2.75) is 32.7 Å². The van der Waals surface area contributed by atoms with Gasteiger partial charge < -0.3 is 10.2 Å². The third-order valence-electron chi connectivity index (χ3n) is 5.61. The van der Waals surface area contributed by atoms with Gasteiger partial charge in [0.1, 0.15) is 5.82 Å². The Morgan fingerprint density at radius 2 is 2.03 bits per heavy atom. The first-order valence-corrected chi connectivity index (χ1v) is 10.5. The average molecular weight is 425 g/mol. The van der Waals surface area contributed by atoms with E-state index >= 15 is 0 Å². The molecule has 1 amide bonds. The minimum Gasteiger partial charge on any atom is -0.368 e. The summed E-state index contributed by atoms with van der Waals surface area (Å²) >= 11 is 5.93. The maximum Gasteiger partial charge on any atom is 0.256 e. The molecule has 0 bridgehead atoms. The number of likely N-dealkylation sites (tertiary alicyclic amines) is 1. The SMILES string of the molecule is Cc1ccc(C(=O)N2CCC[C@@H](C)C2CNc2ccc(Cl)cn2)c(-n2nccn2)c1. The summed E-state index contributed by atoms with van der Waals surface area (Å²) in [4.78, 5) is 21.4. The Morgan fingerprint density at radius 3 is 2.77 bits per heavy atom. The standard InChI is InChI=1S/C22H25ClN6O/c1-15-5-7-18(19(12-15)29-26-9-10-27-29)22(30)28-11-3-4-16(2)20(28)14-25-21-8-6-17(23)13-24-21/h5-10,12-13,16,20H,3-4,11,14H2,1-2H3,(H,24,25)/t16-,20?/m1/s1. The third kappa shape index (κ3) is 4.31. The third-order valence-corrected chi connectivity index (χ3v) is 5.84. The number of aryl methyl sites for hydroxylation is 1. The monoisotopic (exact) mass is 424 g/mol. The lowest BCUT2D eigenvalue weighted by atomic mass is 9.90. The fourth-order valence-electron chi connectivity index (χ4n) is 3.98. The first kappa shape index (κ1) is 20.3. The molecule has 3 heterocycles. The highest BCUT2D eigenvalue weighted by Gasteiger charge is 2.33. The van der Waals surface area contributed by atoms with Crippen molar-refractivity contribution >= 4 is 23.3 Å². The molecule has 1 saturated heterocycles. The van der Waals surface area contributed by atoms with E-state index < -0.39 is 0 Å². The lowest BCUT2D eigenvalue weighted by Crippen LogP contribution is -2.51.